The molecule has 0 N–H and O–H groups in total. The van der Waals surface area contributed by atoms with E-state index in [2.05, 4.69) is 25.2 Å². The monoisotopic (exact) mass is 361 g/mol. The Morgan fingerprint density at radius 3 is 2.04 bits per heavy atom. The lowest BCUT2D eigenvalue weighted by Crippen LogP contribution is -2.13. The van der Waals surface area contributed by atoms with Gasteiger partial charge in [0.05, 0.1) is 0 Å². The summed E-state index contributed by atoms with van der Waals surface area (Å²) in [4.78, 5) is 20.9. The molecule has 1 unspecified atom stereocenters. The van der Waals surface area contributed by atoms with Gasteiger partial charge in [0.1, 0.15) is 6.29 Å². The fourth-order valence-electron chi connectivity index (χ4n) is 2.40. The largest absolute Gasteiger partial charge is 0.303 e. The summed E-state index contributed by atoms with van der Waals surface area (Å²) in [5, 5.41) is 11.0. The van der Waals surface area contributed by atoms with E-state index in [1.165, 1.54) is 6.42 Å². The van der Waals surface area contributed by atoms with Crippen LogP contribution in [0.1, 0.15) is 77.6 Å². The van der Waals surface area contributed by atoms with E-state index >= 15 is 0 Å². The molecule has 0 aromatic rings. The molecule has 0 saturated carbocycles. The molecule has 1 atom stereocenters. The average Bonchev–Trinajstić information content (AvgIpc) is 2.63. The lowest BCUT2D eigenvalue weighted by molar-refractivity contribution is -0.496. The first-order valence-electron chi connectivity index (χ1n) is 9.92. The minimum Gasteiger partial charge on any atom is -0.303 e. The van der Waals surface area contributed by atoms with E-state index in [9.17, 15) is 14.9 Å². The summed E-state index contributed by atoms with van der Waals surface area (Å²) in [7, 11) is 0. The normalized spacial score (nSPS) is 13.4. The summed E-state index contributed by atoms with van der Waals surface area (Å²) in [5.74, 6) is 0. The number of carbonyl (C=O) groups is 1. The first-order valence-corrected chi connectivity index (χ1v) is 9.92. The molecule has 0 aromatic carbocycles. The van der Waals surface area contributed by atoms with Crippen molar-refractivity contribution in [3.63, 3.8) is 0 Å². The first-order chi connectivity index (χ1) is 12.7. The molecule has 4 heteroatoms. The zero-order valence-corrected chi connectivity index (χ0v) is 16.2. The molecule has 0 fully saturated rings. The molecule has 0 saturated heterocycles. The zero-order chi connectivity index (χ0) is 19.3. The van der Waals surface area contributed by atoms with Crippen LogP contribution in [0.25, 0.3) is 0 Å². The Bertz CT molecular complexity index is 464. The van der Waals surface area contributed by atoms with Crippen LogP contribution in [0, 0.1) is 10.1 Å². The number of nitrogens with zero attached hydrogens (tertiary/aromatic N) is 1. The van der Waals surface area contributed by atoms with Crippen LogP contribution in [-0.4, -0.2) is 17.3 Å². The van der Waals surface area contributed by atoms with Crippen LogP contribution in [0.2, 0.25) is 0 Å². The van der Waals surface area contributed by atoms with E-state index in [4.69, 9.17) is 0 Å². The Hall–Kier alpha value is -1.97. The molecular formula is C22H35NO3. The highest BCUT2D eigenvalue weighted by atomic mass is 16.6. The summed E-state index contributed by atoms with van der Waals surface area (Å²) in [5.41, 5.74) is 0. The van der Waals surface area contributed by atoms with E-state index in [-0.39, 0.29) is 4.92 Å². The summed E-state index contributed by atoms with van der Waals surface area (Å²) in [6.45, 7) is 2.15. The average molecular weight is 362 g/mol. The predicted molar refractivity (Wildman–Crippen MR) is 110 cm³/mol. The third kappa shape index (κ3) is 16.9. The number of nitro groups is 1. The fourth-order valence-corrected chi connectivity index (χ4v) is 2.40. The number of aldehydes is 1. The quantitative estimate of drug-likeness (QED) is 0.0994. The maximum Gasteiger partial charge on any atom is 0.249 e. The topological polar surface area (TPSA) is 60.2 Å². The molecule has 0 radical (unpaired) electrons. The molecule has 0 aliphatic rings. The second kappa shape index (κ2) is 19.4. The smallest absolute Gasteiger partial charge is 0.249 e. The van der Waals surface area contributed by atoms with Gasteiger partial charge in [0.25, 0.3) is 0 Å². The third-order valence-electron chi connectivity index (χ3n) is 3.95. The van der Waals surface area contributed by atoms with Crippen molar-refractivity contribution in [2.45, 2.75) is 83.6 Å². The Balaban J connectivity index is 3.86. The van der Waals surface area contributed by atoms with Crippen LogP contribution < -0.4 is 0 Å². The maximum atomic E-state index is 11.0. The highest BCUT2D eigenvalue weighted by Crippen LogP contribution is 2.04. The number of hydrogen-bond acceptors (Lipinski definition) is 3. The summed E-state index contributed by atoms with van der Waals surface area (Å²) in [6, 6.07) is -0.718. The highest BCUT2D eigenvalue weighted by Gasteiger charge is 2.09. The van der Waals surface area contributed by atoms with Crippen molar-refractivity contribution in [1.82, 2.24) is 0 Å². The van der Waals surface area contributed by atoms with E-state index in [0.29, 0.717) is 12.8 Å². The lowest BCUT2D eigenvalue weighted by atomic mass is 10.1. The van der Waals surface area contributed by atoms with Gasteiger partial charge >= 0.3 is 0 Å². The van der Waals surface area contributed by atoms with Crippen molar-refractivity contribution in [2.24, 2.45) is 0 Å². The van der Waals surface area contributed by atoms with Gasteiger partial charge in [-0.2, -0.15) is 0 Å². The maximum absolute atomic E-state index is 11.0. The van der Waals surface area contributed by atoms with E-state index in [0.717, 1.165) is 57.7 Å². The Morgan fingerprint density at radius 2 is 1.35 bits per heavy atom. The molecule has 0 heterocycles. The standard InChI is InChI=1S/C22H35NO3/c1-2-3-4-13-16-19-22(23(25)26)20-17-14-11-9-7-5-6-8-10-12-15-18-21-24/h5-6,9,11,16-17,19-22H,2-4,7-8,10,12-15,18H2,1H3/b6-5-,11-9-,19-16+,20-17-. The molecule has 146 valence electrons. The van der Waals surface area contributed by atoms with Crippen LogP contribution in [-0.2, 0) is 4.79 Å². The Kier molecular flexibility index (Phi) is 17.9. The van der Waals surface area contributed by atoms with Crippen molar-refractivity contribution < 1.29 is 9.72 Å². The fraction of sp³-hybridized carbons (Fsp3) is 0.591. The van der Waals surface area contributed by atoms with Crippen LogP contribution >= 0.6 is 0 Å². The lowest BCUT2D eigenvalue weighted by Gasteiger charge is -1.98. The van der Waals surface area contributed by atoms with Crippen molar-refractivity contribution in [2.75, 3.05) is 0 Å². The molecule has 0 aliphatic carbocycles. The number of unbranched alkanes of at least 4 members (excludes halogenated alkanes) is 7. The molecule has 26 heavy (non-hydrogen) atoms. The minimum atomic E-state index is -0.718. The number of carbonyl (C=O) groups excluding carboxylic acids is 1. The van der Waals surface area contributed by atoms with Crippen LogP contribution in [0.15, 0.2) is 48.6 Å². The van der Waals surface area contributed by atoms with Gasteiger partial charge in [-0.3, -0.25) is 10.1 Å². The van der Waals surface area contributed by atoms with Crippen LogP contribution in [0.5, 0.6) is 0 Å². The van der Waals surface area contributed by atoms with Gasteiger partial charge in [-0.05, 0) is 57.1 Å². The molecule has 0 rings (SSSR count). The number of hydrogen-bond donors (Lipinski definition) is 0. The Morgan fingerprint density at radius 1 is 0.769 bits per heavy atom. The predicted octanol–water partition coefficient (Wildman–Crippen LogP) is 6.37. The van der Waals surface area contributed by atoms with Gasteiger partial charge in [0.15, 0.2) is 0 Å². The van der Waals surface area contributed by atoms with Gasteiger partial charge in [0.2, 0.25) is 6.04 Å². The SMILES string of the molecule is CCCCC/C=C/C(/C=C\C/C=C\C/C=C\CCCCCC=O)[N+](=O)[O-]. The van der Waals surface area contributed by atoms with Gasteiger partial charge in [-0.1, -0.05) is 62.6 Å². The summed E-state index contributed by atoms with van der Waals surface area (Å²) in [6.07, 6.45) is 27.4. The number of rotatable bonds is 17. The second-order valence-electron chi connectivity index (χ2n) is 6.35. The first kappa shape index (κ1) is 24.0. The van der Waals surface area contributed by atoms with Gasteiger partial charge in [-0.25, -0.2) is 0 Å². The van der Waals surface area contributed by atoms with Gasteiger partial charge in [0, 0.05) is 11.3 Å². The summed E-state index contributed by atoms with van der Waals surface area (Å²) < 4.78 is 0. The molecule has 4 nitrogen and oxygen atoms in total. The van der Waals surface area contributed by atoms with Gasteiger partial charge in [-0.15, -0.1) is 0 Å². The summed E-state index contributed by atoms with van der Waals surface area (Å²) >= 11 is 0. The minimum absolute atomic E-state index is 0.256. The van der Waals surface area contributed by atoms with Crippen molar-refractivity contribution in [1.29, 1.82) is 0 Å². The highest BCUT2D eigenvalue weighted by molar-refractivity contribution is 5.48. The van der Waals surface area contributed by atoms with Gasteiger partial charge < -0.3 is 4.79 Å². The van der Waals surface area contributed by atoms with Crippen LogP contribution in [0.3, 0.4) is 0 Å². The van der Waals surface area contributed by atoms with E-state index in [1.807, 2.05) is 18.2 Å². The van der Waals surface area contributed by atoms with Crippen molar-refractivity contribution >= 4 is 6.29 Å². The molecule has 0 bridgehead atoms. The molecule has 0 amide bonds. The second-order valence-corrected chi connectivity index (χ2v) is 6.35. The third-order valence-corrected chi connectivity index (χ3v) is 3.95. The van der Waals surface area contributed by atoms with Crippen molar-refractivity contribution in [3.8, 4) is 0 Å². The van der Waals surface area contributed by atoms with E-state index in [1.54, 1.807) is 12.2 Å². The molecular weight excluding hydrogens is 326 g/mol. The number of allylic oxidation sites excluding steroid dienone is 6. The molecule has 0 aliphatic heterocycles. The van der Waals surface area contributed by atoms with E-state index < -0.39 is 6.04 Å². The van der Waals surface area contributed by atoms with Crippen LogP contribution in [0.4, 0.5) is 0 Å². The Labute approximate surface area is 158 Å². The molecule has 0 aromatic heterocycles. The zero-order valence-electron chi connectivity index (χ0n) is 16.2. The molecule has 0 spiro atoms. The van der Waals surface area contributed by atoms with Crippen molar-refractivity contribution in [3.05, 3.63) is 58.7 Å².